The van der Waals surface area contributed by atoms with Gasteiger partial charge in [0.1, 0.15) is 0 Å². The predicted molar refractivity (Wildman–Crippen MR) is 79.3 cm³/mol. The SMILES string of the molecule is C=C(C)CN(C)C(=O)Nc1ccc(C(=O)OC)c(Cl)c1. The van der Waals surface area contributed by atoms with Crippen LogP contribution in [-0.2, 0) is 4.74 Å². The van der Waals surface area contributed by atoms with Crippen LogP contribution in [0.2, 0.25) is 5.02 Å². The van der Waals surface area contributed by atoms with Crippen LogP contribution >= 0.6 is 11.6 Å². The van der Waals surface area contributed by atoms with Crippen LogP contribution in [0, 0.1) is 0 Å². The lowest BCUT2D eigenvalue weighted by Crippen LogP contribution is -2.32. The summed E-state index contributed by atoms with van der Waals surface area (Å²) in [4.78, 5) is 24.7. The Bertz CT molecular complexity index is 543. The quantitative estimate of drug-likeness (QED) is 0.686. The first kappa shape index (κ1) is 16.0. The molecule has 1 N–H and O–H groups in total. The number of nitrogens with zero attached hydrogens (tertiary/aromatic N) is 1. The molecule has 0 fully saturated rings. The maximum Gasteiger partial charge on any atom is 0.339 e. The second kappa shape index (κ2) is 6.96. The topological polar surface area (TPSA) is 58.6 Å². The molecule has 1 rings (SSSR count). The summed E-state index contributed by atoms with van der Waals surface area (Å²) in [6, 6.07) is 4.31. The summed E-state index contributed by atoms with van der Waals surface area (Å²) in [5, 5.41) is 2.90. The molecule has 20 heavy (non-hydrogen) atoms. The van der Waals surface area contributed by atoms with E-state index < -0.39 is 5.97 Å². The van der Waals surface area contributed by atoms with Crippen molar-refractivity contribution in [3.63, 3.8) is 0 Å². The van der Waals surface area contributed by atoms with Gasteiger partial charge >= 0.3 is 12.0 Å². The number of hydrogen-bond donors (Lipinski definition) is 1. The number of urea groups is 1. The van der Waals surface area contributed by atoms with E-state index in [9.17, 15) is 9.59 Å². The van der Waals surface area contributed by atoms with Crippen molar-refractivity contribution >= 4 is 29.3 Å². The predicted octanol–water partition coefficient (Wildman–Crippen LogP) is 3.17. The van der Waals surface area contributed by atoms with Crippen molar-refractivity contribution in [1.82, 2.24) is 4.90 Å². The van der Waals surface area contributed by atoms with Crippen molar-refractivity contribution in [3.05, 3.63) is 40.9 Å². The molecule has 0 aliphatic rings. The number of esters is 1. The van der Waals surface area contributed by atoms with Gasteiger partial charge in [-0.3, -0.25) is 0 Å². The number of ether oxygens (including phenoxy) is 1. The molecular formula is C14H17ClN2O3. The highest BCUT2D eigenvalue weighted by Crippen LogP contribution is 2.21. The van der Waals surface area contributed by atoms with Crippen molar-refractivity contribution in [2.75, 3.05) is 26.0 Å². The van der Waals surface area contributed by atoms with Gasteiger partial charge in [-0.25, -0.2) is 9.59 Å². The standard InChI is InChI=1S/C14H17ClN2O3/c1-9(2)8-17(3)14(19)16-10-5-6-11(12(15)7-10)13(18)20-4/h5-7H,1,8H2,2-4H3,(H,16,19). The molecule has 6 heteroatoms. The third-order valence-corrected chi connectivity index (χ3v) is 2.79. The molecule has 0 heterocycles. The molecular weight excluding hydrogens is 280 g/mol. The second-order valence-corrected chi connectivity index (χ2v) is 4.84. The van der Waals surface area contributed by atoms with Crippen LogP contribution in [0.15, 0.2) is 30.4 Å². The average Bonchev–Trinajstić information content (AvgIpc) is 2.37. The number of amides is 2. The number of likely N-dealkylation sites (N-methyl/N-ethyl adjacent to an activating group) is 1. The van der Waals surface area contributed by atoms with Crippen LogP contribution < -0.4 is 5.32 Å². The van der Waals surface area contributed by atoms with Crippen LogP contribution in [0.5, 0.6) is 0 Å². The fourth-order valence-electron chi connectivity index (χ4n) is 1.56. The Morgan fingerprint density at radius 3 is 2.60 bits per heavy atom. The van der Waals surface area contributed by atoms with Crippen molar-refractivity contribution in [2.45, 2.75) is 6.92 Å². The Hall–Kier alpha value is -2.01. The normalized spacial score (nSPS) is 9.80. The van der Waals surface area contributed by atoms with Gasteiger partial charge < -0.3 is 15.0 Å². The zero-order valence-corrected chi connectivity index (χ0v) is 12.5. The lowest BCUT2D eigenvalue weighted by Gasteiger charge is -2.18. The van der Waals surface area contributed by atoms with Crippen LogP contribution in [0.25, 0.3) is 0 Å². The third-order valence-electron chi connectivity index (χ3n) is 2.48. The van der Waals surface area contributed by atoms with Gasteiger partial charge in [0.05, 0.1) is 17.7 Å². The molecule has 0 aliphatic heterocycles. The molecule has 1 aromatic rings. The zero-order valence-electron chi connectivity index (χ0n) is 11.7. The van der Waals surface area contributed by atoms with E-state index >= 15 is 0 Å². The summed E-state index contributed by atoms with van der Waals surface area (Å²) in [7, 11) is 2.94. The molecule has 108 valence electrons. The highest BCUT2D eigenvalue weighted by Gasteiger charge is 2.13. The van der Waals surface area contributed by atoms with E-state index in [0.717, 1.165) is 5.57 Å². The van der Waals surface area contributed by atoms with Gasteiger partial charge in [-0.15, -0.1) is 0 Å². The van der Waals surface area contributed by atoms with Crippen molar-refractivity contribution in [3.8, 4) is 0 Å². The van der Waals surface area contributed by atoms with Gasteiger partial charge in [-0.2, -0.15) is 0 Å². The lowest BCUT2D eigenvalue weighted by molar-refractivity contribution is 0.0601. The Morgan fingerprint density at radius 1 is 1.45 bits per heavy atom. The number of rotatable bonds is 4. The minimum atomic E-state index is -0.521. The summed E-state index contributed by atoms with van der Waals surface area (Å²) in [6.45, 7) is 6.04. The number of methoxy groups -OCH3 is 1. The third kappa shape index (κ3) is 4.28. The van der Waals surface area contributed by atoms with Gasteiger partial charge in [0.2, 0.25) is 0 Å². The fourth-order valence-corrected chi connectivity index (χ4v) is 1.82. The lowest BCUT2D eigenvalue weighted by atomic mass is 10.2. The van der Waals surface area contributed by atoms with E-state index in [2.05, 4.69) is 16.6 Å². The highest BCUT2D eigenvalue weighted by atomic mass is 35.5. The Balaban J connectivity index is 2.79. The maximum absolute atomic E-state index is 11.9. The molecule has 2 amide bonds. The first-order valence-corrected chi connectivity index (χ1v) is 6.27. The minimum Gasteiger partial charge on any atom is -0.465 e. The highest BCUT2D eigenvalue weighted by molar-refractivity contribution is 6.33. The van der Waals surface area contributed by atoms with E-state index in [-0.39, 0.29) is 16.6 Å². The van der Waals surface area contributed by atoms with Gasteiger partial charge in [0.15, 0.2) is 0 Å². The second-order valence-electron chi connectivity index (χ2n) is 4.43. The summed E-state index contributed by atoms with van der Waals surface area (Å²) >= 11 is 5.97. The van der Waals surface area contributed by atoms with Gasteiger partial charge in [0.25, 0.3) is 0 Å². The molecule has 0 aromatic heterocycles. The number of anilines is 1. The van der Waals surface area contributed by atoms with E-state index in [1.54, 1.807) is 13.1 Å². The van der Waals surface area contributed by atoms with Gasteiger partial charge in [0, 0.05) is 19.3 Å². The Morgan fingerprint density at radius 2 is 2.10 bits per heavy atom. The molecule has 0 saturated heterocycles. The van der Waals surface area contributed by atoms with Crippen LogP contribution in [0.1, 0.15) is 17.3 Å². The molecule has 5 nitrogen and oxygen atoms in total. The monoisotopic (exact) mass is 296 g/mol. The Kier molecular flexibility index (Phi) is 5.58. The fraction of sp³-hybridized carbons (Fsp3) is 0.286. The molecule has 0 unspecified atom stereocenters. The summed E-state index contributed by atoms with van der Waals surface area (Å²) in [5.41, 5.74) is 1.63. The molecule has 0 atom stereocenters. The van der Waals surface area contributed by atoms with Gasteiger partial charge in [-0.1, -0.05) is 23.8 Å². The minimum absolute atomic E-state index is 0.220. The number of hydrogen-bond acceptors (Lipinski definition) is 3. The van der Waals surface area contributed by atoms with Crippen LogP contribution in [0.4, 0.5) is 10.5 Å². The largest absolute Gasteiger partial charge is 0.465 e. The summed E-state index contributed by atoms with van der Waals surface area (Å²) < 4.78 is 4.59. The Labute approximate surface area is 123 Å². The number of halogens is 1. The number of carbonyl (C=O) groups is 2. The molecule has 0 saturated carbocycles. The maximum atomic E-state index is 11.9. The van der Waals surface area contributed by atoms with Crippen LogP contribution in [0.3, 0.4) is 0 Å². The van der Waals surface area contributed by atoms with Gasteiger partial charge in [-0.05, 0) is 25.1 Å². The van der Waals surface area contributed by atoms with Crippen molar-refractivity contribution in [2.24, 2.45) is 0 Å². The van der Waals surface area contributed by atoms with E-state index in [1.807, 2.05) is 6.92 Å². The molecule has 0 spiro atoms. The number of carbonyl (C=O) groups excluding carboxylic acids is 2. The molecule has 0 bridgehead atoms. The molecule has 0 radical (unpaired) electrons. The molecule has 1 aromatic carbocycles. The summed E-state index contributed by atoms with van der Waals surface area (Å²) in [6.07, 6.45) is 0. The number of benzene rings is 1. The van der Waals surface area contributed by atoms with E-state index in [4.69, 9.17) is 11.6 Å². The van der Waals surface area contributed by atoms with Crippen molar-refractivity contribution < 1.29 is 14.3 Å². The van der Waals surface area contributed by atoms with Crippen LogP contribution in [-0.4, -0.2) is 37.6 Å². The zero-order chi connectivity index (χ0) is 15.3. The number of nitrogens with one attached hydrogen (secondary N) is 1. The first-order chi connectivity index (χ1) is 9.35. The average molecular weight is 297 g/mol. The first-order valence-electron chi connectivity index (χ1n) is 5.89. The van der Waals surface area contributed by atoms with Crippen molar-refractivity contribution in [1.29, 1.82) is 0 Å². The molecule has 0 aliphatic carbocycles. The van der Waals surface area contributed by atoms with E-state index in [0.29, 0.717) is 12.2 Å². The smallest absolute Gasteiger partial charge is 0.339 e. The van der Waals surface area contributed by atoms with E-state index in [1.165, 1.54) is 24.1 Å². The summed E-state index contributed by atoms with van der Waals surface area (Å²) in [5.74, 6) is -0.521.